The fourth-order valence-electron chi connectivity index (χ4n) is 1.90. The van der Waals surface area contributed by atoms with E-state index in [2.05, 4.69) is 15.6 Å². The number of aromatic nitrogens is 1. The van der Waals surface area contributed by atoms with E-state index in [0.717, 1.165) is 5.69 Å². The van der Waals surface area contributed by atoms with Crippen LogP contribution in [0.5, 0.6) is 0 Å². The van der Waals surface area contributed by atoms with Crippen molar-refractivity contribution in [3.63, 3.8) is 0 Å². The minimum Gasteiger partial charge on any atom is -0.381 e. The van der Waals surface area contributed by atoms with Gasteiger partial charge in [-0.3, -0.25) is 4.79 Å². The number of amides is 1. The Hall–Kier alpha value is -1.78. The topological polar surface area (TPSA) is 54.0 Å². The first-order chi connectivity index (χ1) is 10.1. The Morgan fingerprint density at radius 1 is 1.10 bits per heavy atom. The van der Waals surface area contributed by atoms with E-state index in [1.54, 1.807) is 30.5 Å². The third-order valence-electron chi connectivity index (χ3n) is 3.06. The van der Waals surface area contributed by atoms with Gasteiger partial charge in [0.15, 0.2) is 0 Å². The molecule has 1 heterocycles. The summed E-state index contributed by atoms with van der Waals surface area (Å²) in [7, 11) is 0. The van der Waals surface area contributed by atoms with E-state index in [9.17, 15) is 4.79 Å². The summed E-state index contributed by atoms with van der Waals surface area (Å²) in [6.07, 6.45) is 4.05. The lowest BCUT2D eigenvalue weighted by molar-refractivity contribution is 0.102. The number of hydrogen-bond acceptors (Lipinski definition) is 3. The van der Waals surface area contributed by atoms with Gasteiger partial charge in [0.1, 0.15) is 5.69 Å². The highest BCUT2D eigenvalue weighted by molar-refractivity contribution is 6.35. The maximum Gasteiger partial charge on any atom is 0.274 e. The van der Waals surface area contributed by atoms with Crippen molar-refractivity contribution in [3.8, 4) is 0 Å². The molecule has 1 amide bonds. The molecule has 0 bridgehead atoms. The molecule has 1 aliphatic carbocycles. The summed E-state index contributed by atoms with van der Waals surface area (Å²) in [6.45, 7) is 0. The van der Waals surface area contributed by atoms with Crippen LogP contribution in [0, 0.1) is 0 Å². The molecule has 2 N–H and O–H groups in total. The van der Waals surface area contributed by atoms with Crippen LogP contribution in [0.25, 0.3) is 0 Å². The van der Waals surface area contributed by atoms with Crippen molar-refractivity contribution in [3.05, 3.63) is 52.3 Å². The Labute approximate surface area is 132 Å². The van der Waals surface area contributed by atoms with Crippen LogP contribution in [0.4, 0.5) is 11.4 Å². The molecule has 108 valence electrons. The van der Waals surface area contributed by atoms with Crippen molar-refractivity contribution >= 4 is 40.5 Å². The maximum absolute atomic E-state index is 12.1. The second-order valence-corrected chi connectivity index (χ2v) is 5.84. The van der Waals surface area contributed by atoms with Crippen molar-refractivity contribution in [1.29, 1.82) is 0 Å². The van der Waals surface area contributed by atoms with Gasteiger partial charge in [-0.1, -0.05) is 23.2 Å². The number of rotatable bonds is 4. The molecule has 0 aliphatic heterocycles. The van der Waals surface area contributed by atoms with Crippen LogP contribution < -0.4 is 10.6 Å². The van der Waals surface area contributed by atoms with E-state index in [0.29, 0.717) is 27.5 Å². The molecule has 0 atom stereocenters. The smallest absolute Gasteiger partial charge is 0.274 e. The fraction of sp³-hybridized carbons (Fsp3) is 0.200. The molecule has 0 unspecified atom stereocenters. The van der Waals surface area contributed by atoms with Crippen LogP contribution in [-0.2, 0) is 0 Å². The number of pyridine rings is 1. The molecular formula is C15H13Cl2N3O. The van der Waals surface area contributed by atoms with Crippen molar-refractivity contribution in [2.24, 2.45) is 0 Å². The molecule has 1 aromatic heterocycles. The summed E-state index contributed by atoms with van der Waals surface area (Å²) in [5.41, 5.74) is 1.81. The molecule has 0 radical (unpaired) electrons. The fourth-order valence-corrected chi connectivity index (χ4v) is 2.42. The van der Waals surface area contributed by atoms with Crippen LogP contribution in [0.1, 0.15) is 23.3 Å². The highest BCUT2D eigenvalue weighted by Crippen LogP contribution is 2.25. The molecule has 0 saturated heterocycles. The van der Waals surface area contributed by atoms with Gasteiger partial charge in [0.05, 0.1) is 11.9 Å². The number of anilines is 2. The molecule has 1 aliphatic rings. The van der Waals surface area contributed by atoms with Gasteiger partial charge in [0.2, 0.25) is 0 Å². The van der Waals surface area contributed by atoms with Crippen molar-refractivity contribution in [1.82, 2.24) is 4.98 Å². The predicted octanol–water partition coefficient (Wildman–Crippen LogP) is 4.22. The normalized spacial score (nSPS) is 13.8. The molecule has 2 aromatic rings. The number of nitrogens with one attached hydrogen (secondary N) is 2. The van der Waals surface area contributed by atoms with Gasteiger partial charge >= 0.3 is 0 Å². The van der Waals surface area contributed by atoms with E-state index in [-0.39, 0.29) is 5.91 Å². The van der Waals surface area contributed by atoms with Crippen LogP contribution in [0.15, 0.2) is 36.5 Å². The molecule has 6 heteroatoms. The van der Waals surface area contributed by atoms with Gasteiger partial charge < -0.3 is 10.6 Å². The lowest BCUT2D eigenvalue weighted by Gasteiger charge is -2.07. The standard InChI is InChI=1S/C15H13Cl2N3O/c16-9-5-10(17)7-13(6-9)20-15(21)14-4-3-12(8-18-14)19-11-1-2-11/h3-8,11,19H,1-2H2,(H,20,21). The van der Waals surface area contributed by atoms with E-state index in [4.69, 9.17) is 23.2 Å². The number of carbonyl (C=O) groups is 1. The average molecular weight is 322 g/mol. The third kappa shape index (κ3) is 3.86. The first-order valence-electron chi connectivity index (χ1n) is 6.60. The van der Waals surface area contributed by atoms with Gasteiger partial charge in [-0.2, -0.15) is 0 Å². The lowest BCUT2D eigenvalue weighted by atomic mass is 10.2. The minimum atomic E-state index is -0.300. The molecule has 1 aromatic carbocycles. The number of carbonyl (C=O) groups excluding carboxylic acids is 1. The maximum atomic E-state index is 12.1. The Morgan fingerprint density at radius 2 is 1.81 bits per heavy atom. The van der Waals surface area contributed by atoms with E-state index in [1.807, 2.05) is 6.07 Å². The molecule has 1 fully saturated rings. The summed E-state index contributed by atoms with van der Waals surface area (Å²) in [6, 6.07) is 8.97. The quantitative estimate of drug-likeness (QED) is 0.886. The lowest BCUT2D eigenvalue weighted by Crippen LogP contribution is -2.14. The Kier molecular flexibility index (Phi) is 3.99. The van der Waals surface area contributed by atoms with Crippen LogP contribution >= 0.6 is 23.2 Å². The SMILES string of the molecule is O=C(Nc1cc(Cl)cc(Cl)c1)c1ccc(NC2CC2)cn1. The first kappa shape index (κ1) is 14.2. The van der Waals surface area contributed by atoms with E-state index < -0.39 is 0 Å². The summed E-state index contributed by atoms with van der Waals surface area (Å²) >= 11 is 11.8. The highest BCUT2D eigenvalue weighted by atomic mass is 35.5. The summed E-state index contributed by atoms with van der Waals surface area (Å²) in [5.74, 6) is -0.300. The van der Waals surface area contributed by atoms with Crippen LogP contribution in [-0.4, -0.2) is 16.9 Å². The largest absolute Gasteiger partial charge is 0.381 e. The Morgan fingerprint density at radius 3 is 2.38 bits per heavy atom. The average Bonchev–Trinajstić information content (AvgIpc) is 3.22. The second kappa shape index (κ2) is 5.92. The molecule has 3 rings (SSSR count). The molecular weight excluding hydrogens is 309 g/mol. The van der Waals surface area contributed by atoms with Gasteiger partial charge in [0.25, 0.3) is 5.91 Å². The van der Waals surface area contributed by atoms with Gasteiger partial charge in [0, 0.05) is 21.8 Å². The zero-order valence-corrected chi connectivity index (χ0v) is 12.6. The third-order valence-corrected chi connectivity index (χ3v) is 3.50. The second-order valence-electron chi connectivity index (χ2n) is 4.96. The summed E-state index contributed by atoms with van der Waals surface area (Å²) in [4.78, 5) is 16.3. The summed E-state index contributed by atoms with van der Waals surface area (Å²) < 4.78 is 0. The number of benzene rings is 1. The zero-order chi connectivity index (χ0) is 14.8. The molecule has 1 saturated carbocycles. The Balaban J connectivity index is 1.69. The van der Waals surface area contributed by atoms with Gasteiger partial charge in [-0.25, -0.2) is 4.98 Å². The highest BCUT2D eigenvalue weighted by Gasteiger charge is 2.20. The van der Waals surface area contributed by atoms with Gasteiger partial charge in [-0.05, 0) is 43.2 Å². The predicted molar refractivity (Wildman–Crippen MR) is 85.3 cm³/mol. The van der Waals surface area contributed by atoms with Crippen LogP contribution in [0.3, 0.4) is 0 Å². The van der Waals surface area contributed by atoms with Gasteiger partial charge in [-0.15, -0.1) is 0 Å². The molecule has 21 heavy (non-hydrogen) atoms. The number of halogens is 2. The van der Waals surface area contributed by atoms with E-state index in [1.165, 1.54) is 12.8 Å². The van der Waals surface area contributed by atoms with E-state index >= 15 is 0 Å². The first-order valence-corrected chi connectivity index (χ1v) is 7.36. The number of hydrogen-bond donors (Lipinski definition) is 2. The van der Waals surface area contributed by atoms with Crippen molar-refractivity contribution < 1.29 is 4.79 Å². The molecule has 4 nitrogen and oxygen atoms in total. The van der Waals surface area contributed by atoms with Crippen LogP contribution in [0.2, 0.25) is 10.0 Å². The number of nitrogens with zero attached hydrogens (tertiary/aromatic N) is 1. The summed E-state index contributed by atoms with van der Waals surface area (Å²) in [5, 5.41) is 6.97. The zero-order valence-electron chi connectivity index (χ0n) is 11.1. The monoisotopic (exact) mass is 321 g/mol. The minimum absolute atomic E-state index is 0.300. The molecule has 0 spiro atoms. The Bertz CT molecular complexity index is 649. The van der Waals surface area contributed by atoms with Crippen molar-refractivity contribution in [2.45, 2.75) is 18.9 Å². The van der Waals surface area contributed by atoms with Crippen molar-refractivity contribution in [2.75, 3.05) is 10.6 Å².